The van der Waals surface area contributed by atoms with Crippen LogP contribution < -0.4 is 4.90 Å². The van der Waals surface area contributed by atoms with Gasteiger partial charge in [-0.1, -0.05) is 12.1 Å². The smallest absolute Gasteiger partial charge is 0.0642 e. The first-order chi connectivity index (χ1) is 7.40. The third kappa shape index (κ3) is 2.89. The summed E-state index contributed by atoms with van der Waals surface area (Å²) in [5, 5.41) is 0. The second kappa shape index (κ2) is 5.42. The highest BCUT2D eigenvalue weighted by molar-refractivity contribution is 7.97. The van der Waals surface area contributed by atoms with Crippen LogP contribution in [0.2, 0.25) is 0 Å². The Hall–Kier alpha value is -0.670. The van der Waals surface area contributed by atoms with Gasteiger partial charge < -0.3 is 9.64 Å². The minimum Gasteiger partial charge on any atom is -0.378 e. The van der Waals surface area contributed by atoms with Crippen molar-refractivity contribution in [1.82, 2.24) is 0 Å². The van der Waals surface area contributed by atoms with Gasteiger partial charge >= 0.3 is 0 Å². The number of thioether (sulfide) groups is 1. The molecule has 0 atom stereocenters. The minimum absolute atomic E-state index is 0.854. The quantitative estimate of drug-likeness (QED) is 0.780. The second-order valence-corrected chi connectivity index (χ2v) is 4.56. The van der Waals surface area contributed by atoms with Gasteiger partial charge in [-0.2, -0.15) is 11.8 Å². The molecular formula is C12H17NOS. The van der Waals surface area contributed by atoms with Crippen LogP contribution in [-0.2, 0) is 10.5 Å². The van der Waals surface area contributed by atoms with E-state index in [4.69, 9.17) is 4.74 Å². The summed E-state index contributed by atoms with van der Waals surface area (Å²) in [5.41, 5.74) is 2.72. The number of benzene rings is 1. The van der Waals surface area contributed by atoms with E-state index in [0.717, 1.165) is 32.1 Å². The van der Waals surface area contributed by atoms with Crippen molar-refractivity contribution < 1.29 is 4.74 Å². The van der Waals surface area contributed by atoms with Gasteiger partial charge in [0.25, 0.3) is 0 Å². The number of morpholine rings is 1. The monoisotopic (exact) mass is 223 g/mol. The lowest BCUT2D eigenvalue weighted by molar-refractivity contribution is 0.122. The Morgan fingerprint density at radius 2 is 1.87 bits per heavy atom. The molecule has 15 heavy (non-hydrogen) atoms. The van der Waals surface area contributed by atoms with Crippen molar-refractivity contribution in [1.29, 1.82) is 0 Å². The molecule has 0 radical (unpaired) electrons. The molecule has 0 N–H and O–H groups in total. The van der Waals surface area contributed by atoms with E-state index in [0.29, 0.717) is 0 Å². The van der Waals surface area contributed by atoms with E-state index in [1.165, 1.54) is 11.3 Å². The van der Waals surface area contributed by atoms with Crippen molar-refractivity contribution in [2.45, 2.75) is 5.75 Å². The first-order valence-electron chi connectivity index (χ1n) is 5.31. The topological polar surface area (TPSA) is 12.5 Å². The Kier molecular flexibility index (Phi) is 3.92. The van der Waals surface area contributed by atoms with E-state index in [1.54, 1.807) is 0 Å². The molecule has 0 unspecified atom stereocenters. The fourth-order valence-corrected chi connectivity index (χ4v) is 2.32. The maximum Gasteiger partial charge on any atom is 0.0642 e. The molecule has 0 saturated carbocycles. The molecule has 1 aliphatic heterocycles. The SMILES string of the molecule is CSCc1ccc(N2CCOCC2)cc1. The first-order valence-corrected chi connectivity index (χ1v) is 6.70. The molecule has 0 amide bonds. The lowest BCUT2D eigenvalue weighted by Gasteiger charge is -2.28. The molecule has 82 valence electrons. The van der Waals surface area contributed by atoms with E-state index >= 15 is 0 Å². The van der Waals surface area contributed by atoms with Crippen LogP contribution in [0.4, 0.5) is 5.69 Å². The first kappa shape index (κ1) is 10.8. The van der Waals surface area contributed by atoms with Crippen molar-refractivity contribution in [2.24, 2.45) is 0 Å². The number of nitrogens with zero attached hydrogens (tertiary/aromatic N) is 1. The van der Waals surface area contributed by atoms with Gasteiger partial charge in [-0.25, -0.2) is 0 Å². The zero-order chi connectivity index (χ0) is 10.5. The molecule has 1 heterocycles. The molecule has 1 saturated heterocycles. The van der Waals surface area contributed by atoms with Gasteiger partial charge in [0.2, 0.25) is 0 Å². The van der Waals surface area contributed by atoms with Crippen molar-refractivity contribution in [3.05, 3.63) is 29.8 Å². The molecule has 1 aromatic rings. The average molecular weight is 223 g/mol. The summed E-state index contributed by atoms with van der Waals surface area (Å²) in [6.45, 7) is 3.74. The zero-order valence-electron chi connectivity index (χ0n) is 9.11. The van der Waals surface area contributed by atoms with Gasteiger partial charge in [0, 0.05) is 24.5 Å². The standard InChI is InChI=1S/C12H17NOS/c1-15-10-11-2-4-12(5-3-11)13-6-8-14-9-7-13/h2-5H,6-10H2,1H3. The predicted octanol–water partition coefficient (Wildman–Crippen LogP) is 2.39. The van der Waals surface area contributed by atoms with Crippen LogP contribution in [-0.4, -0.2) is 32.6 Å². The van der Waals surface area contributed by atoms with Gasteiger partial charge in [-0.3, -0.25) is 0 Å². The number of hydrogen-bond acceptors (Lipinski definition) is 3. The van der Waals surface area contributed by atoms with Gasteiger partial charge in [0.05, 0.1) is 13.2 Å². The molecule has 2 nitrogen and oxygen atoms in total. The number of hydrogen-bond donors (Lipinski definition) is 0. The number of anilines is 1. The third-order valence-electron chi connectivity index (χ3n) is 2.62. The van der Waals surface area contributed by atoms with Crippen molar-refractivity contribution in [3.8, 4) is 0 Å². The Balaban J connectivity index is 2.02. The van der Waals surface area contributed by atoms with E-state index in [9.17, 15) is 0 Å². The summed E-state index contributed by atoms with van der Waals surface area (Å²) in [5.74, 6) is 1.10. The summed E-state index contributed by atoms with van der Waals surface area (Å²) in [7, 11) is 0. The van der Waals surface area contributed by atoms with Crippen LogP contribution in [0.25, 0.3) is 0 Å². The Bertz CT molecular complexity index is 293. The van der Waals surface area contributed by atoms with Gasteiger partial charge in [0.15, 0.2) is 0 Å². The summed E-state index contributed by atoms with van der Waals surface area (Å²) in [6, 6.07) is 8.89. The normalized spacial score (nSPS) is 16.7. The maximum atomic E-state index is 5.34. The molecule has 0 spiro atoms. The van der Waals surface area contributed by atoms with Crippen molar-refractivity contribution in [3.63, 3.8) is 0 Å². The highest BCUT2D eigenvalue weighted by Gasteiger charge is 2.10. The number of rotatable bonds is 3. The van der Waals surface area contributed by atoms with Crippen LogP contribution in [0.1, 0.15) is 5.56 Å². The average Bonchev–Trinajstić information content (AvgIpc) is 2.32. The zero-order valence-corrected chi connectivity index (χ0v) is 9.93. The van der Waals surface area contributed by atoms with E-state index in [1.807, 2.05) is 11.8 Å². The lowest BCUT2D eigenvalue weighted by atomic mass is 10.2. The van der Waals surface area contributed by atoms with E-state index in [-0.39, 0.29) is 0 Å². The maximum absolute atomic E-state index is 5.34. The van der Waals surface area contributed by atoms with Gasteiger partial charge in [-0.15, -0.1) is 0 Å². The van der Waals surface area contributed by atoms with E-state index in [2.05, 4.69) is 35.4 Å². The van der Waals surface area contributed by atoms with Crippen molar-refractivity contribution >= 4 is 17.4 Å². The van der Waals surface area contributed by atoms with Gasteiger partial charge in [-0.05, 0) is 24.0 Å². The Labute approximate surface area is 95.6 Å². The molecule has 1 fully saturated rings. The van der Waals surface area contributed by atoms with Gasteiger partial charge in [0.1, 0.15) is 0 Å². The molecule has 0 bridgehead atoms. The fraction of sp³-hybridized carbons (Fsp3) is 0.500. The molecule has 0 aliphatic carbocycles. The highest BCUT2D eigenvalue weighted by Crippen LogP contribution is 2.18. The summed E-state index contributed by atoms with van der Waals surface area (Å²) in [6.07, 6.45) is 2.13. The minimum atomic E-state index is 0.854. The fourth-order valence-electron chi connectivity index (χ4n) is 1.79. The Morgan fingerprint density at radius 3 is 2.47 bits per heavy atom. The second-order valence-electron chi connectivity index (χ2n) is 3.70. The summed E-state index contributed by atoms with van der Waals surface area (Å²) in [4.78, 5) is 2.38. The predicted molar refractivity (Wildman–Crippen MR) is 66.7 cm³/mol. The van der Waals surface area contributed by atoms with Crippen LogP contribution >= 0.6 is 11.8 Å². The lowest BCUT2D eigenvalue weighted by Crippen LogP contribution is -2.36. The molecule has 3 heteroatoms. The van der Waals surface area contributed by atoms with Crippen LogP contribution in [0, 0.1) is 0 Å². The molecule has 1 aromatic carbocycles. The largest absolute Gasteiger partial charge is 0.378 e. The van der Waals surface area contributed by atoms with Crippen LogP contribution in [0.5, 0.6) is 0 Å². The summed E-state index contributed by atoms with van der Waals surface area (Å²) < 4.78 is 5.34. The molecular weight excluding hydrogens is 206 g/mol. The van der Waals surface area contributed by atoms with E-state index < -0.39 is 0 Å². The summed E-state index contributed by atoms with van der Waals surface area (Å²) >= 11 is 1.86. The Morgan fingerprint density at radius 1 is 1.20 bits per heavy atom. The van der Waals surface area contributed by atoms with Crippen molar-refractivity contribution in [2.75, 3.05) is 37.5 Å². The van der Waals surface area contributed by atoms with Crippen LogP contribution in [0.15, 0.2) is 24.3 Å². The third-order valence-corrected chi connectivity index (χ3v) is 3.25. The molecule has 0 aromatic heterocycles. The molecule has 1 aliphatic rings. The molecule has 2 rings (SSSR count). The van der Waals surface area contributed by atoms with Crippen LogP contribution in [0.3, 0.4) is 0 Å². The highest BCUT2D eigenvalue weighted by atomic mass is 32.2. The number of ether oxygens (including phenoxy) is 1.